The van der Waals surface area contributed by atoms with E-state index in [0.29, 0.717) is 5.69 Å². The summed E-state index contributed by atoms with van der Waals surface area (Å²) in [5.74, 6) is 0. The Morgan fingerprint density at radius 3 is 2.71 bits per heavy atom. The number of aryl methyl sites for hydroxylation is 1. The van der Waals surface area contributed by atoms with Crippen LogP contribution in [0, 0.1) is 6.92 Å². The summed E-state index contributed by atoms with van der Waals surface area (Å²) >= 11 is 0. The molecule has 1 aromatic heterocycles. The third-order valence-electron chi connectivity index (χ3n) is 2.48. The van der Waals surface area contributed by atoms with Gasteiger partial charge in [-0.3, -0.25) is 4.31 Å². The van der Waals surface area contributed by atoms with E-state index < -0.39 is 10.0 Å². The Hall–Kier alpha value is -1.82. The fourth-order valence-electron chi connectivity index (χ4n) is 1.49. The summed E-state index contributed by atoms with van der Waals surface area (Å²) in [6.07, 6.45) is 2.64. The SMILES string of the molecule is Cc1cccc(N(C)S(=O)(=O)c2cnc[nH]2)c1. The summed E-state index contributed by atoms with van der Waals surface area (Å²) in [7, 11) is -2.03. The zero-order valence-electron chi connectivity index (χ0n) is 9.58. The summed E-state index contributed by atoms with van der Waals surface area (Å²) in [4.78, 5) is 6.32. The zero-order valence-corrected chi connectivity index (χ0v) is 10.4. The van der Waals surface area contributed by atoms with Crippen LogP contribution in [0.1, 0.15) is 5.56 Å². The third-order valence-corrected chi connectivity index (χ3v) is 4.19. The first-order valence-corrected chi connectivity index (χ1v) is 6.50. The van der Waals surface area contributed by atoms with Crippen molar-refractivity contribution < 1.29 is 8.42 Å². The maximum Gasteiger partial charge on any atom is 0.281 e. The predicted octanol–water partition coefficient (Wildman–Crippen LogP) is 1.54. The maximum atomic E-state index is 12.2. The van der Waals surface area contributed by atoms with E-state index in [1.165, 1.54) is 23.9 Å². The normalized spacial score (nSPS) is 11.4. The topological polar surface area (TPSA) is 66.1 Å². The smallest absolute Gasteiger partial charge is 0.281 e. The van der Waals surface area contributed by atoms with E-state index in [1.807, 2.05) is 25.1 Å². The van der Waals surface area contributed by atoms with E-state index >= 15 is 0 Å². The number of anilines is 1. The number of hydrogen-bond donors (Lipinski definition) is 1. The van der Waals surface area contributed by atoms with Gasteiger partial charge in [0, 0.05) is 7.05 Å². The van der Waals surface area contributed by atoms with Gasteiger partial charge in [-0.2, -0.15) is 8.42 Å². The summed E-state index contributed by atoms with van der Waals surface area (Å²) in [6, 6.07) is 7.30. The molecule has 90 valence electrons. The van der Waals surface area contributed by atoms with Gasteiger partial charge in [-0.1, -0.05) is 12.1 Å². The molecule has 1 heterocycles. The molecule has 0 fully saturated rings. The molecule has 2 aromatic rings. The molecule has 0 amide bonds. The monoisotopic (exact) mass is 251 g/mol. The molecule has 0 aliphatic heterocycles. The highest BCUT2D eigenvalue weighted by atomic mass is 32.2. The van der Waals surface area contributed by atoms with E-state index in [-0.39, 0.29) is 5.03 Å². The molecule has 0 aliphatic rings. The number of nitrogens with zero attached hydrogens (tertiary/aromatic N) is 2. The Morgan fingerprint density at radius 2 is 2.12 bits per heavy atom. The van der Waals surface area contributed by atoms with Gasteiger partial charge in [-0.05, 0) is 24.6 Å². The molecule has 2 rings (SSSR count). The van der Waals surface area contributed by atoms with Crippen LogP contribution in [0.2, 0.25) is 0 Å². The molecule has 0 spiro atoms. The highest BCUT2D eigenvalue weighted by Gasteiger charge is 2.22. The summed E-state index contributed by atoms with van der Waals surface area (Å²) < 4.78 is 25.5. The Kier molecular flexibility index (Phi) is 2.89. The lowest BCUT2D eigenvalue weighted by atomic mass is 10.2. The van der Waals surface area contributed by atoms with Gasteiger partial charge in [0.15, 0.2) is 5.03 Å². The van der Waals surface area contributed by atoms with E-state index in [4.69, 9.17) is 0 Å². The molecule has 0 atom stereocenters. The third kappa shape index (κ3) is 2.16. The summed E-state index contributed by atoms with van der Waals surface area (Å²) in [6.45, 7) is 1.92. The van der Waals surface area contributed by atoms with E-state index in [0.717, 1.165) is 5.56 Å². The fourth-order valence-corrected chi connectivity index (χ4v) is 2.58. The molecular formula is C11H13N3O2S. The van der Waals surface area contributed by atoms with Crippen molar-refractivity contribution in [1.29, 1.82) is 0 Å². The van der Waals surface area contributed by atoms with Crippen molar-refractivity contribution in [3.8, 4) is 0 Å². The van der Waals surface area contributed by atoms with Crippen molar-refractivity contribution in [1.82, 2.24) is 9.97 Å². The van der Waals surface area contributed by atoms with Gasteiger partial charge in [0.25, 0.3) is 10.0 Å². The van der Waals surface area contributed by atoms with Crippen LogP contribution < -0.4 is 4.31 Å². The van der Waals surface area contributed by atoms with Crippen LogP contribution in [0.3, 0.4) is 0 Å². The second-order valence-electron chi connectivity index (χ2n) is 3.73. The lowest BCUT2D eigenvalue weighted by Gasteiger charge is -2.18. The molecule has 5 nitrogen and oxygen atoms in total. The molecule has 0 radical (unpaired) electrons. The number of benzene rings is 1. The highest BCUT2D eigenvalue weighted by Crippen LogP contribution is 2.20. The molecule has 0 saturated heterocycles. The minimum atomic E-state index is -3.55. The molecule has 0 unspecified atom stereocenters. The number of rotatable bonds is 3. The largest absolute Gasteiger partial charge is 0.334 e. The quantitative estimate of drug-likeness (QED) is 0.900. The second-order valence-corrected chi connectivity index (χ2v) is 5.67. The van der Waals surface area contributed by atoms with Crippen molar-refractivity contribution in [2.45, 2.75) is 11.9 Å². The summed E-state index contributed by atoms with van der Waals surface area (Å²) in [5.41, 5.74) is 1.63. The number of imidazole rings is 1. The number of hydrogen-bond acceptors (Lipinski definition) is 3. The zero-order chi connectivity index (χ0) is 12.5. The first-order valence-electron chi connectivity index (χ1n) is 5.06. The van der Waals surface area contributed by atoms with Crippen LogP contribution in [-0.2, 0) is 10.0 Å². The van der Waals surface area contributed by atoms with Crippen LogP contribution in [0.25, 0.3) is 0 Å². The Balaban J connectivity index is 2.42. The Morgan fingerprint density at radius 1 is 1.35 bits per heavy atom. The Labute approximate surface area is 100 Å². The van der Waals surface area contributed by atoms with E-state index in [2.05, 4.69) is 9.97 Å². The molecule has 0 saturated carbocycles. The van der Waals surface area contributed by atoms with Gasteiger partial charge in [0.1, 0.15) is 0 Å². The molecule has 6 heteroatoms. The van der Waals surface area contributed by atoms with Gasteiger partial charge in [-0.25, -0.2) is 4.98 Å². The first-order chi connectivity index (χ1) is 8.01. The van der Waals surface area contributed by atoms with Crippen molar-refractivity contribution in [3.05, 3.63) is 42.4 Å². The average molecular weight is 251 g/mol. The summed E-state index contributed by atoms with van der Waals surface area (Å²) in [5, 5.41) is 0.0847. The van der Waals surface area contributed by atoms with Gasteiger partial charge in [0.05, 0.1) is 18.2 Å². The number of sulfonamides is 1. The predicted molar refractivity (Wildman–Crippen MR) is 65.4 cm³/mol. The molecule has 1 N–H and O–H groups in total. The molecule has 0 bridgehead atoms. The lowest BCUT2D eigenvalue weighted by molar-refractivity contribution is 0.591. The highest BCUT2D eigenvalue weighted by molar-refractivity contribution is 7.92. The minimum absolute atomic E-state index is 0.0847. The van der Waals surface area contributed by atoms with Crippen molar-refractivity contribution in [3.63, 3.8) is 0 Å². The Bertz CT molecular complexity index is 605. The molecular weight excluding hydrogens is 238 g/mol. The van der Waals surface area contributed by atoms with Crippen LogP contribution >= 0.6 is 0 Å². The van der Waals surface area contributed by atoms with Gasteiger partial charge >= 0.3 is 0 Å². The number of aromatic nitrogens is 2. The number of H-pyrrole nitrogens is 1. The first kappa shape index (κ1) is 11.7. The minimum Gasteiger partial charge on any atom is -0.334 e. The van der Waals surface area contributed by atoms with Gasteiger partial charge in [-0.15, -0.1) is 0 Å². The molecule has 1 aromatic carbocycles. The number of nitrogens with one attached hydrogen (secondary N) is 1. The van der Waals surface area contributed by atoms with Crippen molar-refractivity contribution >= 4 is 15.7 Å². The van der Waals surface area contributed by atoms with Crippen molar-refractivity contribution in [2.24, 2.45) is 0 Å². The number of aromatic amines is 1. The second kappa shape index (κ2) is 4.21. The van der Waals surface area contributed by atoms with Crippen LogP contribution in [0.15, 0.2) is 41.8 Å². The fraction of sp³-hybridized carbons (Fsp3) is 0.182. The van der Waals surface area contributed by atoms with Crippen molar-refractivity contribution in [2.75, 3.05) is 11.4 Å². The molecule has 0 aliphatic carbocycles. The van der Waals surface area contributed by atoms with Crippen LogP contribution in [0.4, 0.5) is 5.69 Å². The van der Waals surface area contributed by atoms with E-state index in [1.54, 1.807) is 6.07 Å². The maximum absolute atomic E-state index is 12.2. The van der Waals surface area contributed by atoms with Gasteiger partial charge < -0.3 is 4.98 Å². The molecule has 17 heavy (non-hydrogen) atoms. The van der Waals surface area contributed by atoms with E-state index in [9.17, 15) is 8.42 Å². The lowest BCUT2D eigenvalue weighted by Crippen LogP contribution is -2.26. The van der Waals surface area contributed by atoms with Crippen LogP contribution in [0.5, 0.6) is 0 Å². The van der Waals surface area contributed by atoms with Gasteiger partial charge in [0.2, 0.25) is 0 Å². The standard InChI is InChI=1S/C11H13N3O2S/c1-9-4-3-5-10(6-9)14(2)17(15,16)11-7-12-8-13-11/h3-8H,1-2H3,(H,12,13). The average Bonchev–Trinajstić information content (AvgIpc) is 2.82. The van der Waals surface area contributed by atoms with Crippen LogP contribution in [-0.4, -0.2) is 25.4 Å².